The van der Waals surface area contributed by atoms with Crippen LogP contribution in [-0.2, 0) is 13.1 Å². The van der Waals surface area contributed by atoms with Crippen molar-refractivity contribution in [3.05, 3.63) is 65.2 Å². The monoisotopic (exact) mass is 407 g/mol. The highest BCUT2D eigenvalue weighted by atomic mass is 19.1. The summed E-state index contributed by atoms with van der Waals surface area (Å²) >= 11 is 0. The van der Waals surface area contributed by atoms with Crippen LogP contribution in [-0.4, -0.2) is 48.3 Å². The largest absolute Gasteiger partial charge is 0.328 e. The number of tetrazole rings is 1. The summed E-state index contributed by atoms with van der Waals surface area (Å²) in [6, 6.07) is 13.1. The minimum Gasteiger partial charge on any atom is -0.328 e. The van der Waals surface area contributed by atoms with Crippen molar-refractivity contribution >= 4 is 11.0 Å². The zero-order chi connectivity index (χ0) is 20.5. The number of piperidine rings is 1. The van der Waals surface area contributed by atoms with Crippen molar-refractivity contribution in [2.45, 2.75) is 38.9 Å². The lowest BCUT2D eigenvalue weighted by Gasteiger charge is -2.29. The molecule has 0 spiro atoms. The molecule has 1 N–H and O–H groups in total. The highest BCUT2D eigenvalue weighted by Gasteiger charge is 2.27. The molecule has 1 fully saturated rings. The molecule has 0 saturated carbocycles. The minimum atomic E-state index is -0.238. The first-order valence-corrected chi connectivity index (χ1v) is 10.3. The molecular weight excluding hydrogens is 383 g/mol. The van der Waals surface area contributed by atoms with E-state index in [2.05, 4.69) is 55.6 Å². The predicted octanol–water partition coefficient (Wildman–Crippen LogP) is 1.33. The van der Waals surface area contributed by atoms with Gasteiger partial charge in [0.2, 0.25) is 5.82 Å². The lowest BCUT2D eigenvalue weighted by Crippen LogP contribution is -3.11. The van der Waals surface area contributed by atoms with E-state index < -0.39 is 0 Å². The van der Waals surface area contributed by atoms with E-state index in [0.29, 0.717) is 12.6 Å². The number of hydrogen-bond acceptors (Lipinski definition) is 5. The number of aryl methyl sites for hydroxylation is 1. The van der Waals surface area contributed by atoms with E-state index in [1.165, 1.54) is 22.6 Å². The third-order valence-corrected chi connectivity index (χ3v) is 5.89. The van der Waals surface area contributed by atoms with E-state index in [1.807, 2.05) is 0 Å². The van der Waals surface area contributed by atoms with Crippen molar-refractivity contribution in [3.63, 3.8) is 0 Å². The summed E-state index contributed by atoms with van der Waals surface area (Å²) in [6.07, 6.45) is 2.09. The number of nitrogens with zero attached hydrogens (tertiary/aromatic N) is 7. The molecule has 1 aliphatic heterocycles. The fourth-order valence-corrected chi connectivity index (χ4v) is 4.21. The molecule has 0 unspecified atom stereocenters. The van der Waals surface area contributed by atoms with Crippen LogP contribution in [0.5, 0.6) is 0 Å². The molecule has 154 valence electrons. The van der Waals surface area contributed by atoms with Gasteiger partial charge in [-0.15, -0.1) is 10.2 Å². The minimum absolute atomic E-state index is 0.238. The highest BCUT2D eigenvalue weighted by Crippen LogP contribution is 2.22. The Morgan fingerprint density at radius 3 is 2.63 bits per heavy atom. The molecule has 0 aliphatic carbocycles. The summed E-state index contributed by atoms with van der Waals surface area (Å²) in [6.45, 7) is 5.45. The molecule has 1 aliphatic rings. The zero-order valence-corrected chi connectivity index (χ0v) is 16.9. The van der Waals surface area contributed by atoms with E-state index in [4.69, 9.17) is 0 Å². The molecule has 3 heterocycles. The maximum atomic E-state index is 13.1. The van der Waals surface area contributed by atoms with Crippen molar-refractivity contribution in [3.8, 4) is 0 Å². The van der Waals surface area contributed by atoms with Crippen LogP contribution in [0.1, 0.15) is 35.8 Å². The number of likely N-dealkylation sites (tertiary alicyclic amines) is 1. The van der Waals surface area contributed by atoms with Gasteiger partial charge >= 0.3 is 0 Å². The van der Waals surface area contributed by atoms with Gasteiger partial charge < -0.3 is 4.90 Å². The summed E-state index contributed by atoms with van der Waals surface area (Å²) in [7, 11) is 0. The maximum absolute atomic E-state index is 13.1. The van der Waals surface area contributed by atoms with Crippen LogP contribution in [0.3, 0.4) is 0 Å². The highest BCUT2D eigenvalue weighted by molar-refractivity contribution is 5.75. The van der Waals surface area contributed by atoms with Gasteiger partial charge in [0.05, 0.1) is 31.2 Å². The lowest BCUT2D eigenvalue weighted by atomic mass is 10.0. The second-order valence-corrected chi connectivity index (χ2v) is 8.06. The Kier molecular flexibility index (Phi) is 4.96. The molecule has 4 aromatic rings. The van der Waals surface area contributed by atoms with Gasteiger partial charge in [0.1, 0.15) is 17.9 Å². The number of quaternary nitrogens is 1. The van der Waals surface area contributed by atoms with Crippen LogP contribution >= 0.6 is 0 Å². The van der Waals surface area contributed by atoms with E-state index in [9.17, 15) is 4.39 Å². The van der Waals surface area contributed by atoms with Gasteiger partial charge in [0, 0.05) is 12.8 Å². The summed E-state index contributed by atoms with van der Waals surface area (Å²) in [5.41, 5.74) is 4.25. The van der Waals surface area contributed by atoms with Gasteiger partial charge in [0.15, 0.2) is 0 Å². The Labute approximate surface area is 173 Å². The van der Waals surface area contributed by atoms with Crippen molar-refractivity contribution in [2.75, 3.05) is 13.1 Å². The molecule has 8 nitrogen and oxygen atoms in total. The summed E-state index contributed by atoms with van der Waals surface area (Å²) in [5, 5.41) is 21.0. The average Bonchev–Trinajstić information content (AvgIpc) is 3.37. The molecule has 0 bridgehead atoms. The van der Waals surface area contributed by atoms with Gasteiger partial charge in [-0.25, -0.2) is 13.8 Å². The third kappa shape index (κ3) is 3.80. The first-order chi connectivity index (χ1) is 14.7. The van der Waals surface area contributed by atoms with Gasteiger partial charge in [-0.05, 0) is 52.7 Å². The van der Waals surface area contributed by atoms with Crippen molar-refractivity contribution in [2.24, 2.45) is 0 Å². The first kappa shape index (κ1) is 18.8. The van der Waals surface area contributed by atoms with Gasteiger partial charge in [-0.3, -0.25) is 0 Å². The fourth-order valence-electron chi connectivity index (χ4n) is 4.21. The van der Waals surface area contributed by atoms with Crippen molar-refractivity contribution < 1.29 is 9.29 Å². The summed E-state index contributed by atoms with van der Waals surface area (Å²) in [5.74, 6) is 0.618. The summed E-state index contributed by atoms with van der Waals surface area (Å²) in [4.78, 5) is 1.46. The Hall–Kier alpha value is -3.20. The third-order valence-electron chi connectivity index (χ3n) is 5.89. The molecular formula is C21H24FN8+. The molecule has 2 aromatic carbocycles. The molecule has 2 aromatic heterocycles. The van der Waals surface area contributed by atoms with Crippen molar-refractivity contribution in [1.82, 2.24) is 35.2 Å². The standard InChI is InChI=1S/C21H23FN8/c1-15-2-7-20-19(12-15)23-26-30(20)18-8-10-28(11-9-18)14-21-24-25-27-29(21)13-16-3-5-17(22)6-4-16/h2-7,12,18H,8-11,13-14H2,1H3/p+1. The van der Waals surface area contributed by atoms with Crippen LogP contribution in [0, 0.1) is 12.7 Å². The van der Waals surface area contributed by atoms with Crippen LogP contribution < -0.4 is 4.90 Å². The number of nitrogens with one attached hydrogen (secondary N) is 1. The molecule has 5 rings (SSSR count). The fraction of sp³-hybridized carbons (Fsp3) is 0.381. The van der Waals surface area contributed by atoms with Crippen LogP contribution in [0.15, 0.2) is 42.5 Å². The van der Waals surface area contributed by atoms with Crippen LogP contribution in [0.25, 0.3) is 11.0 Å². The van der Waals surface area contributed by atoms with Gasteiger partial charge in [-0.2, -0.15) is 0 Å². The molecule has 0 radical (unpaired) electrons. The van der Waals surface area contributed by atoms with E-state index >= 15 is 0 Å². The second-order valence-electron chi connectivity index (χ2n) is 8.06. The number of benzene rings is 2. The average molecular weight is 407 g/mol. The number of rotatable bonds is 5. The molecule has 0 atom stereocenters. The Balaban J connectivity index is 1.22. The topological polar surface area (TPSA) is 78.8 Å². The van der Waals surface area contributed by atoms with E-state index in [-0.39, 0.29) is 5.82 Å². The molecule has 0 amide bonds. The first-order valence-electron chi connectivity index (χ1n) is 10.3. The van der Waals surface area contributed by atoms with E-state index in [0.717, 1.165) is 54.9 Å². The smallest absolute Gasteiger partial charge is 0.206 e. The number of halogens is 1. The normalized spacial score (nSPS) is 19.4. The van der Waals surface area contributed by atoms with Crippen LogP contribution in [0.2, 0.25) is 0 Å². The number of hydrogen-bond donors (Lipinski definition) is 1. The number of fused-ring (bicyclic) bond motifs is 1. The Morgan fingerprint density at radius 1 is 1.03 bits per heavy atom. The molecule has 30 heavy (non-hydrogen) atoms. The molecule has 9 heteroatoms. The Morgan fingerprint density at radius 2 is 1.83 bits per heavy atom. The SMILES string of the molecule is Cc1ccc2c(c1)nnn2C1CC[NH+](Cc2nnnn2Cc2ccc(F)cc2)CC1. The van der Waals surface area contributed by atoms with Crippen molar-refractivity contribution in [1.29, 1.82) is 0 Å². The quantitative estimate of drug-likeness (QED) is 0.540. The van der Waals surface area contributed by atoms with Gasteiger partial charge in [-0.1, -0.05) is 23.4 Å². The maximum Gasteiger partial charge on any atom is 0.206 e. The second kappa shape index (κ2) is 7.91. The Bertz CT molecular complexity index is 1140. The number of aromatic nitrogens is 7. The predicted molar refractivity (Wildman–Crippen MR) is 108 cm³/mol. The lowest BCUT2D eigenvalue weighted by molar-refractivity contribution is -0.920. The zero-order valence-electron chi connectivity index (χ0n) is 16.9. The van der Waals surface area contributed by atoms with Gasteiger partial charge in [0.25, 0.3) is 0 Å². The molecule has 1 saturated heterocycles. The summed E-state index contributed by atoms with van der Waals surface area (Å²) < 4.78 is 17.0. The van der Waals surface area contributed by atoms with E-state index in [1.54, 1.807) is 16.8 Å². The van der Waals surface area contributed by atoms with Crippen LogP contribution in [0.4, 0.5) is 4.39 Å².